The summed E-state index contributed by atoms with van der Waals surface area (Å²) >= 11 is 0. The summed E-state index contributed by atoms with van der Waals surface area (Å²) in [6.45, 7) is 3.24. The van der Waals surface area contributed by atoms with E-state index in [-0.39, 0.29) is 24.0 Å². The summed E-state index contributed by atoms with van der Waals surface area (Å²) in [5, 5.41) is 3.55. The summed E-state index contributed by atoms with van der Waals surface area (Å²) < 4.78 is 5.30. The average molecular weight is 457 g/mol. The molecule has 2 aliphatic rings. The van der Waals surface area contributed by atoms with Crippen molar-refractivity contribution in [1.29, 1.82) is 0 Å². The zero-order chi connectivity index (χ0) is 16.8. The molecule has 1 saturated carbocycles. The topological polar surface area (TPSA) is 36.9 Å². The van der Waals surface area contributed by atoms with E-state index in [9.17, 15) is 0 Å². The Morgan fingerprint density at radius 3 is 2.76 bits per heavy atom. The molecule has 0 radical (unpaired) electrons. The van der Waals surface area contributed by atoms with E-state index in [0.717, 1.165) is 31.2 Å². The van der Waals surface area contributed by atoms with Gasteiger partial charge < -0.3 is 15.0 Å². The molecule has 1 heterocycles. The van der Waals surface area contributed by atoms with Gasteiger partial charge in [0.15, 0.2) is 5.96 Å². The van der Waals surface area contributed by atoms with Gasteiger partial charge in [0.25, 0.3) is 0 Å². The van der Waals surface area contributed by atoms with Gasteiger partial charge in [-0.05, 0) is 48.8 Å². The molecule has 0 unspecified atom stereocenters. The Hall–Kier alpha value is -0.980. The van der Waals surface area contributed by atoms with Gasteiger partial charge in [-0.2, -0.15) is 0 Å². The summed E-state index contributed by atoms with van der Waals surface area (Å²) in [7, 11) is 3.62. The molecule has 25 heavy (non-hydrogen) atoms. The number of halogens is 1. The minimum Gasteiger partial charge on any atom is -0.497 e. The third-order valence-corrected chi connectivity index (χ3v) is 5.69. The van der Waals surface area contributed by atoms with Crippen LogP contribution in [0.3, 0.4) is 0 Å². The Morgan fingerprint density at radius 2 is 2.04 bits per heavy atom. The van der Waals surface area contributed by atoms with Crippen molar-refractivity contribution < 1.29 is 4.74 Å². The van der Waals surface area contributed by atoms with Crippen LogP contribution >= 0.6 is 24.0 Å². The average Bonchev–Trinajstić information content (AvgIpc) is 3.02. The van der Waals surface area contributed by atoms with E-state index < -0.39 is 0 Å². The molecule has 1 saturated heterocycles. The summed E-state index contributed by atoms with van der Waals surface area (Å²) in [4.78, 5) is 6.99. The predicted molar refractivity (Wildman–Crippen MR) is 115 cm³/mol. The molecule has 1 N–H and O–H groups in total. The van der Waals surface area contributed by atoms with Crippen molar-refractivity contribution >= 4 is 29.9 Å². The summed E-state index contributed by atoms with van der Waals surface area (Å²) in [5.74, 6) is 2.00. The van der Waals surface area contributed by atoms with Crippen LogP contribution in [-0.4, -0.2) is 44.7 Å². The van der Waals surface area contributed by atoms with Gasteiger partial charge in [0.05, 0.1) is 7.11 Å². The van der Waals surface area contributed by atoms with Crippen LogP contribution in [0.25, 0.3) is 0 Å². The Kier molecular flexibility index (Phi) is 7.84. The Morgan fingerprint density at radius 1 is 1.24 bits per heavy atom. The number of guanidine groups is 1. The van der Waals surface area contributed by atoms with Crippen LogP contribution in [0.1, 0.15) is 44.1 Å². The normalized spacial score (nSPS) is 19.6. The van der Waals surface area contributed by atoms with Gasteiger partial charge >= 0.3 is 0 Å². The third-order valence-electron chi connectivity index (χ3n) is 5.69. The minimum atomic E-state index is 0. The number of rotatable bonds is 4. The van der Waals surface area contributed by atoms with Crippen LogP contribution in [0.2, 0.25) is 0 Å². The zero-order valence-electron chi connectivity index (χ0n) is 15.6. The number of benzene rings is 1. The van der Waals surface area contributed by atoms with Crippen molar-refractivity contribution in [2.45, 2.75) is 44.9 Å². The van der Waals surface area contributed by atoms with E-state index in [1.807, 2.05) is 13.1 Å². The molecule has 0 amide bonds. The maximum Gasteiger partial charge on any atom is 0.193 e. The molecule has 0 atom stereocenters. The Labute approximate surface area is 169 Å². The molecule has 1 aliphatic carbocycles. The van der Waals surface area contributed by atoms with Crippen LogP contribution in [0.5, 0.6) is 5.75 Å². The smallest absolute Gasteiger partial charge is 0.193 e. The van der Waals surface area contributed by atoms with Crippen LogP contribution in [-0.2, 0) is 6.42 Å². The highest BCUT2D eigenvalue weighted by Crippen LogP contribution is 2.43. The number of aliphatic imine (C=N–C) groups is 1. The van der Waals surface area contributed by atoms with Crippen LogP contribution in [0, 0.1) is 5.41 Å². The lowest BCUT2D eigenvalue weighted by Gasteiger charge is -2.33. The zero-order valence-corrected chi connectivity index (χ0v) is 17.9. The molecule has 4 nitrogen and oxygen atoms in total. The second kappa shape index (κ2) is 9.64. The Balaban J connectivity index is 0.00000225. The monoisotopic (exact) mass is 457 g/mol. The number of hydrogen-bond donors (Lipinski definition) is 1. The highest BCUT2D eigenvalue weighted by atomic mass is 127. The lowest BCUT2D eigenvalue weighted by atomic mass is 9.73. The number of nitrogens with one attached hydrogen (secondary N) is 1. The molecule has 1 aliphatic heterocycles. The van der Waals surface area contributed by atoms with E-state index in [0.29, 0.717) is 5.41 Å². The number of likely N-dealkylation sites (tertiary alicyclic amines) is 1. The van der Waals surface area contributed by atoms with Gasteiger partial charge in [0.1, 0.15) is 5.75 Å². The fourth-order valence-corrected chi connectivity index (χ4v) is 4.30. The van der Waals surface area contributed by atoms with Crippen molar-refractivity contribution in [2.75, 3.05) is 33.8 Å². The maximum absolute atomic E-state index is 5.30. The van der Waals surface area contributed by atoms with Crippen LogP contribution < -0.4 is 10.1 Å². The standard InChI is InChI=1S/C20H31N3O.HI/c1-21-19(22-13-9-17-7-6-8-18(15-17)24-2)23-14-12-20(16-23)10-4-3-5-11-20;/h6-8,15H,3-5,9-14,16H2,1-2H3,(H,21,22);1H. The van der Waals surface area contributed by atoms with E-state index in [4.69, 9.17) is 4.74 Å². The SMILES string of the molecule is CN=C(NCCc1cccc(OC)c1)N1CCC2(CCCCC2)C1.I. The molecule has 2 fully saturated rings. The quantitative estimate of drug-likeness (QED) is 0.421. The predicted octanol–water partition coefficient (Wildman–Crippen LogP) is 4.09. The lowest BCUT2D eigenvalue weighted by molar-refractivity contribution is 0.203. The van der Waals surface area contributed by atoms with E-state index in [1.54, 1.807) is 7.11 Å². The largest absolute Gasteiger partial charge is 0.497 e. The fourth-order valence-electron chi connectivity index (χ4n) is 4.30. The highest BCUT2D eigenvalue weighted by Gasteiger charge is 2.39. The number of nitrogens with zero attached hydrogens (tertiary/aromatic N) is 2. The first-order chi connectivity index (χ1) is 11.7. The molecular weight excluding hydrogens is 425 g/mol. The molecule has 0 bridgehead atoms. The maximum atomic E-state index is 5.30. The van der Waals surface area contributed by atoms with Crippen molar-refractivity contribution in [1.82, 2.24) is 10.2 Å². The van der Waals surface area contributed by atoms with E-state index >= 15 is 0 Å². The molecule has 140 valence electrons. The molecule has 5 heteroatoms. The summed E-state index contributed by atoms with van der Waals surface area (Å²) in [6, 6.07) is 8.30. The number of ether oxygens (including phenoxy) is 1. The molecule has 1 spiro atoms. The molecular formula is C20H32IN3O. The van der Waals surface area contributed by atoms with Gasteiger partial charge in [0.2, 0.25) is 0 Å². The van der Waals surface area contributed by atoms with E-state index in [1.165, 1.54) is 50.6 Å². The second-order valence-electron chi connectivity index (χ2n) is 7.31. The first-order valence-electron chi connectivity index (χ1n) is 9.33. The summed E-state index contributed by atoms with van der Waals surface area (Å²) in [6.07, 6.45) is 9.38. The van der Waals surface area contributed by atoms with Crippen LogP contribution in [0.4, 0.5) is 0 Å². The minimum absolute atomic E-state index is 0. The lowest BCUT2D eigenvalue weighted by Crippen LogP contribution is -2.42. The van der Waals surface area contributed by atoms with Gasteiger partial charge in [-0.1, -0.05) is 31.4 Å². The molecule has 1 aromatic carbocycles. The van der Waals surface area contributed by atoms with Crippen molar-refractivity contribution in [3.63, 3.8) is 0 Å². The number of hydrogen-bond acceptors (Lipinski definition) is 2. The van der Waals surface area contributed by atoms with Crippen molar-refractivity contribution in [2.24, 2.45) is 10.4 Å². The van der Waals surface area contributed by atoms with Gasteiger partial charge in [0, 0.05) is 26.7 Å². The fraction of sp³-hybridized carbons (Fsp3) is 0.650. The van der Waals surface area contributed by atoms with Crippen molar-refractivity contribution in [3.8, 4) is 5.75 Å². The first-order valence-corrected chi connectivity index (χ1v) is 9.33. The highest BCUT2D eigenvalue weighted by molar-refractivity contribution is 14.0. The molecule has 0 aromatic heterocycles. The van der Waals surface area contributed by atoms with E-state index in [2.05, 4.69) is 33.4 Å². The molecule has 3 rings (SSSR count). The van der Waals surface area contributed by atoms with Gasteiger partial charge in [-0.25, -0.2) is 0 Å². The van der Waals surface area contributed by atoms with Gasteiger partial charge in [-0.15, -0.1) is 24.0 Å². The first kappa shape index (κ1) is 20.3. The second-order valence-corrected chi connectivity index (χ2v) is 7.31. The number of methoxy groups -OCH3 is 1. The third kappa shape index (κ3) is 5.25. The summed E-state index contributed by atoms with van der Waals surface area (Å²) in [5.41, 5.74) is 1.87. The van der Waals surface area contributed by atoms with Crippen molar-refractivity contribution in [3.05, 3.63) is 29.8 Å². The molecule has 1 aromatic rings. The van der Waals surface area contributed by atoms with Gasteiger partial charge in [-0.3, -0.25) is 4.99 Å². The van der Waals surface area contributed by atoms with Crippen LogP contribution in [0.15, 0.2) is 29.3 Å². The Bertz CT molecular complexity index is 570.